The SMILES string of the molecule is Cc1cc(C(=O)CSc2nc3sc4c(c3c(=O)n2C)CCCC4)c(C)n1-c1ccc(F)cc1. The normalized spacial score (nSPS) is 13.5. The minimum atomic E-state index is -0.296. The zero-order valence-corrected chi connectivity index (χ0v) is 20.4. The third kappa shape index (κ3) is 3.85. The van der Waals surface area contributed by atoms with Gasteiger partial charge in [-0.05, 0) is 75.4 Å². The summed E-state index contributed by atoms with van der Waals surface area (Å²) in [6.45, 7) is 3.82. The van der Waals surface area contributed by atoms with Gasteiger partial charge in [0.15, 0.2) is 10.9 Å². The van der Waals surface area contributed by atoms with Crippen LogP contribution < -0.4 is 5.56 Å². The molecule has 5 nitrogen and oxygen atoms in total. The number of rotatable bonds is 5. The molecule has 5 rings (SSSR count). The third-order valence-corrected chi connectivity index (χ3v) is 8.52. The van der Waals surface area contributed by atoms with Crippen molar-refractivity contribution < 1.29 is 9.18 Å². The van der Waals surface area contributed by atoms with Crippen molar-refractivity contribution >= 4 is 39.1 Å². The maximum Gasteiger partial charge on any atom is 0.262 e. The van der Waals surface area contributed by atoms with Crippen LogP contribution >= 0.6 is 23.1 Å². The van der Waals surface area contributed by atoms with Crippen LogP contribution in [0.4, 0.5) is 4.39 Å². The van der Waals surface area contributed by atoms with E-state index in [0.29, 0.717) is 10.7 Å². The van der Waals surface area contributed by atoms with Crippen molar-refractivity contribution in [1.29, 1.82) is 0 Å². The summed E-state index contributed by atoms with van der Waals surface area (Å²) in [6, 6.07) is 8.10. The van der Waals surface area contributed by atoms with Crippen molar-refractivity contribution in [2.45, 2.75) is 44.7 Å². The molecule has 0 unspecified atom stereocenters. The van der Waals surface area contributed by atoms with Gasteiger partial charge in [0.1, 0.15) is 10.6 Å². The van der Waals surface area contributed by atoms with Crippen molar-refractivity contribution in [3.05, 3.63) is 73.9 Å². The standard InChI is InChI=1S/C25H24FN3O2S2/c1-14-12-19(15(2)29(14)17-10-8-16(26)9-11-17)20(30)13-32-25-27-23-22(24(31)28(25)3)18-6-4-5-7-21(18)33-23/h8-12H,4-7,13H2,1-3H3. The molecular formula is C25H24FN3O2S2. The highest BCUT2D eigenvalue weighted by Crippen LogP contribution is 2.34. The van der Waals surface area contributed by atoms with Gasteiger partial charge in [-0.25, -0.2) is 9.37 Å². The Morgan fingerprint density at radius 1 is 1.18 bits per heavy atom. The maximum atomic E-state index is 13.3. The van der Waals surface area contributed by atoms with Crippen LogP contribution in [0.3, 0.4) is 0 Å². The predicted molar refractivity (Wildman–Crippen MR) is 132 cm³/mol. The monoisotopic (exact) mass is 481 g/mol. The van der Waals surface area contributed by atoms with E-state index in [0.717, 1.165) is 53.0 Å². The van der Waals surface area contributed by atoms with Gasteiger partial charge in [-0.3, -0.25) is 14.2 Å². The summed E-state index contributed by atoms with van der Waals surface area (Å²) in [4.78, 5) is 33.0. The number of hydrogen-bond acceptors (Lipinski definition) is 5. The van der Waals surface area contributed by atoms with E-state index in [1.54, 1.807) is 35.1 Å². The van der Waals surface area contributed by atoms with Crippen molar-refractivity contribution in [3.8, 4) is 5.69 Å². The molecular weight excluding hydrogens is 457 g/mol. The molecule has 0 bridgehead atoms. The Labute approximate surface area is 199 Å². The van der Waals surface area contributed by atoms with Gasteiger partial charge >= 0.3 is 0 Å². The Kier molecular flexibility index (Phi) is 5.74. The minimum absolute atomic E-state index is 0.0242. The Bertz CT molecular complexity index is 1450. The smallest absolute Gasteiger partial charge is 0.262 e. The lowest BCUT2D eigenvalue weighted by Gasteiger charge is -2.11. The number of nitrogens with zero attached hydrogens (tertiary/aromatic N) is 3. The summed E-state index contributed by atoms with van der Waals surface area (Å²) < 4.78 is 16.9. The lowest BCUT2D eigenvalue weighted by atomic mass is 9.97. The van der Waals surface area contributed by atoms with Gasteiger partial charge in [0, 0.05) is 34.6 Å². The van der Waals surface area contributed by atoms with Crippen LogP contribution in [0.15, 0.2) is 40.3 Å². The minimum Gasteiger partial charge on any atom is -0.318 e. The molecule has 1 aliphatic rings. The number of fused-ring (bicyclic) bond motifs is 3. The average Bonchev–Trinajstić information content (AvgIpc) is 3.32. The molecule has 170 valence electrons. The van der Waals surface area contributed by atoms with Crippen LogP contribution in [0.1, 0.15) is 45.0 Å². The van der Waals surface area contributed by atoms with Gasteiger partial charge in [0.05, 0.1) is 11.1 Å². The molecule has 8 heteroatoms. The fourth-order valence-electron chi connectivity index (χ4n) is 4.64. The van der Waals surface area contributed by atoms with Crippen LogP contribution in [0.2, 0.25) is 0 Å². The van der Waals surface area contributed by atoms with Gasteiger partial charge in [0.2, 0.25) is 0 Å². The van der Waals surface area contributed by atoms with Gasteiger partial charge in [-0.2, -0.15) is 0 Å². The first-order valence-corrected chi connectivity index (χ1v) is 12.8. The van der Waals surface area contributed by atoms with E-state index in [9.17, 15) is 14.0 Å². The number of thiophene rings is 1. The Morgan fingerprint density at radius 2 is 1.91 bits per heavy atom. The van der Waals surface area contributed by atoms with Crippen LogP contribution in [0.5, 0.6) is 0 Å². The van der Waals surface area contributed by atoms with E-state index in [1.165, 1.54) is 34.3 Å². The molecule has 0 saturated heterocycles. The third-order valence-electron chi connectivity index (χ3n) is 6.30. The molecule has 0 fully saturated rings. The van der Waals surface area contributed by atoms with E-state index in [1.807, 2.05) is 24.5 Å². The van der Waals surface area contributed by atoms with Gasteiger partial charge in [0.25, 0.3) is 5.56 Å². The number of aryl methyl sites for hydroxylation is 3. The fraction of sp³-hybridized carbons (Fsp3) is 0.320. The quantitative estimate of drug-likeness (QED) is 0.218. The summed E-state index contributed by atoms with van der Waals surface area (Å²) >= 11 is 2.92. The number of carbonyl (C=O) groups is 1. The lowest BCUT2D eigenvalue weighted by molar-refractivity contribution is 0.102. The number of aromatic nitrogens is 3. The highest BCUT2D eigenvalue weighted by molar-refractivity contribution is 7.99. The van der Waals surface area contributed by atoms with E-state index in [4.69, 9.17) is 4.98 Å². The van der Waals surface area contributed by atoms with Crippen LogP contribution in [-0.2, 0) is 19.9 Å². The molecule has 0 atom stereocenters. The number of hydrogen-bond donors (Lipinski definition) is 0. The van der Waals surface area contributed by atoms with Gasteiger partial charge in [-0.15, -0.1) is 11.3 Å². The second-order valence-corrected chi connectivity index (χ2v) is 10.5. The molecule has 1 aliphatic carbocycles. The molecule has 1 aromatic carbocycles. The maximum absolute atomic E-state index is 13.3. The molecule has 0 aliphatic heterocycles. The summed E-state index contributed by atoms with van der Waals surface area (Å²) in [5.41, 5.74) is 4.31. The van der Waals surface area contributed by atoms with E-state index in [-0.39, 0.29) is 22.9 Å². The fourth-order valence-corrected chi connectivity index (χ4v) is 6.79. The summed E-state index contributed by atoms with van der Waals surface area (Å²) in [6.07, 6.45) is 4.24. The number of benzene rings is 1. The summed E-state index contributed by atoms with van der Waals surface area (Å²) in [5, 5.41) is 1.32. The molecule has 0 amide bonds. The summed E-state index contributed by atoms with van der Waals surface area (Å²) in [7, 11) is 1.73. The van der Waals surface area contributed by atoms with E-state index >= 15 is 0 Å². The first-order chi connectivity index (χ1) is 15.8. The molecule has 3 aromatic heterocycles. The van der Waals surface area contributed by atoms with Crippen LogP contribution in [0, 0.1) is 19.7 Å². The van der Waals surface area contributed by atoms with Crippen molar-refractivity contribution in [1.82, 2.24) is 14.1 Å². The second-order valence-electron chi connectivity index (χ2n) is 8.46. The zero-order chi connectivity index (χ0) is 23.3. The van der Waals surface area contributed by atoms with E-state index in [2.05, 4.69) is 0 Å². The first-order valence-electron chi connectivity index (χ1n) is 11.0. The first kappa shape index (κ1) is 22.1. The van der Waals surface area contributed by atoms with E-state index < -0.39 is 0 Å². The number of Topliss-reactive ketones (excluding diaryl/α,β-unsaturated/α-hetero) is 1. The second kappa shape index (κ2) is 8.57. The largest absolute Gasteiger partial charge is 0.318 e. The molecule has 33 heavy (non-hydrogen) atoms. The molecule has 4 aromatic rings. The Hall–Kier alpha value is -2.71. The highest BCUT2D eigenvalue weighted by Gasteiger charge is 2.22. The molecule has 0 N–H and O–H groups in total. The van der Waals surface area contributed by atoms with Gasteiger partial charge < -0.3 is 4.57 Å². The van der Waals surface area contributed by atoms with Crippen molar-refractivity contribution in [2.75, 3.05) is 5.75 Å². The molecule has 0 spiro atoms. The molecule has 0 radical (unpaired) electrons. The highest BCUT2D eigenvalue weighted by atomic mass is 32.2. The van der Waals surface area contributed by atoms with Crippen LogP contribution in [-0.4, -0.2) is 25.7 Å². The number of thioether (sulfide) groups is 1. The number of ketones is 1. The zero-order valence-electron chi connectivity index (χ0n) is 18.8. The Balaban J connectivity index is 1.42. The Morgan fingerprint density at radius 3 is 2.67 bits per heavy atom. The number of halogens is 1. The van der Waals surface area contributed by atoms with Crippen LogP contribution in [0.25, 0.3) is 15.9 Å². The van der Waals surface area contributed by atoms with Crippen molar-refractivity contribution in [3.63, 3.8) is 0 Å². The molecule has 0 saturated carbocycles. The van der Waals surface area contributed by atoms with Crippen molar-refractivity contribution in [2.24, 2.45) is 7.05 Å². The molecule has 3 heterocycles. The lowest BCUT2D eigenvalue weighted by Crippen LogP contribution is -2.21. The van der Waals surface area contributed by atoms with Gasteiger partial charge in [-0.1, -0.05) is 11.8 Å². The summed E-state index contributed by atoms with van der Waals surface area (Å²) in [5.74, 6) is -0.137. The predicted octanol–water partition coefficient (Wildman–Crippen LogP) is 5.40. The topological polar surface area (TPSA) is 56.9 Å². The number of carbonyl (C=O) groups excluding carboxylic acids is 1. The average molecular weight is 482 g/mol.